The molecule has 2 fully saturated rings. The number of rotatable bonds is 7. The monoisotopic (exact) mass is 538 g/mol. The van der Waals surface area contributed by atoms with E-state index < -0.39 is 23.2 Å². The first-order valence-electron chi connectivity index (χ1n) is 13.0. The van der Waals surface area contributed by atoms with Gasteiger partial charge in [0.05, 0.1) is 18.0 Å². The van der Waals surface area contributed by atoms with Crippen LogP contribution in [0.3, 0.4) is 0 Å². The van der Waals surface area contributed by atoms with Crippen molar-refractivity contribution in [2.75, 3.05) is 13.1 Å². The van der Waals surface area contributed by atoms with Crippen molar-refractivity contribution in [2.24, 2.45) is 13.0 Å². The lowest BCUT2D eigenvalue weighted by Crippen LogP contribution is -2.55. The lowest BCUT2D eigenvalue weighted by Gasteiger charge is -2.42. The number of carbonyl (C=O) groups excluding carboxylic acids is 1. The molecule has 11 heteroatoms. The topological polar surface area (TPSA) is 88.2 Å². The smallest absolute Gasteiger partial charge is 0.230 e. The zero-order valence-electron chi connectivity index (χ0n) is 21.4. The molecular formula is C28H29F3N6O2. The predicted molar refractivity (Wildman–Crippen MR) is 137 cm³/mol. The van der Waals surface area contributed by atoms with E-state index in [1.807, 2.05) is 16.8 Å². The molecule has 4 aromatic rings. The minimum Gasteiger partial charge on any atom is -0.384 e. The number of hydrogen-bond acceptors (Lipinski definition) is 5. The molecule has 1 aliphatic carbocycles. The molecule has 2 atom stereocenters. The zero-order valence-corrected chi connectivity index (χ0v) is 21.4. The van der Waals surface area contributed by atoms with Gasteiger partial charge < -0.3 is 19.9 Å². The Hall–Kier alpha value is -3.70. The van der Waals surface area contributed by atoms with Gasteiger partial charge in [0, 0.05) is 37.8 Å². The predicted octanol–water partition coefficient (Wildman–Crippen LogP) is 3.22. The molecule has 1 saturated heterocycles. The first-order chi connectivity index (χ1) is 18.8. The molecule has 8 nitrogen and oxygen atoms in total. The van der Waals surface area contributed by atoms with Crippen molar-refractivity contribution >= 4 is 16.8 Å². The maximum absolute atomic E-state index is 15.2. The molecule has 3 heterocycles. The summed E-state index contributed by atoms with van der Waals surface area (Å²) >= 11 is 0. The Kier molecular flexibility index (Phi) is 6.43. The normalized spacial score (nSPS) is 21.4. The second-order valence-corrected chi connectivity index (χ2v) is 10.5. The molecule has 39 heavy (non-hydrogen) atoms. The van der Waals surface area contributed by atoms with Gasteiger partial charge in [0.1, 0.15) is 23.6 Å². The largest absolute Gasteiger partial charge is 0.384 e. The summed E-state index contributed by atoms with van der Waals surface area (Å²) in [6.45, 7) is 1.12. The molecular weight excluding hydrogens is 509 g/mol. The first kappa shape index (κ1) is 25.6. The van der Waals surface area contributed by atoms with Crippen LogP contribution < -0.4 is 5.32 Å². The summed E-state index contributed by atoms with van der Waals surface area (Å²) in [5.74, 6) is -3.01. The molecule has 0 spiro atoms. The fourth-order valence-corrected chi connectivity index (χ4v) is 5.69. The van der Waals surface area contributed by atoms with E-state index in [1.54, 1.807) is 22.7 Å². The van der Waals surface area contributed by atoms with E-state index in [0.29, 0.717) is 35.4 Å². The fourth-order valence-electron chi connectivity index (χ4n) is 5.69. The number of amides is 1. The summed E-state index contributed by atoms with van der Waals surface area (Å²) in [5.41, 5.74) is -0.183. The van der Waals surface area contributed by atoms with Gasteiger partial charge in [0.2, 0.25) is 5.91 Å². The maximum Gasteiger partial charge on any atom is 0.230 e. The van der Waals surface area contributed by atoms with Crippen molar-refractivity contribution in [1.29, 1.82) is 0 Å². The highest BCUT2D eigenvalue weighted by Gasteiger charge is 2.48. The Balaban J connectivity index is 1.35. The summed E-state index contributed by atoms with van der Waals surface area (Å²) in [6, 6.07) is 8.10. The third-order valence-corrected chi connectivity index (χ3v) is 7.99. The number of aliphatic hydroxyl groups is 1. The third-order valence-electron chi connectivity index (χ3n) is 7.99. The van der Waals surface area contributed by atoms with Gasteiger partial charge in [-0.15, -0.1) is 0 Å². The van der Waals surface area contributed by atoms with Crippen LogP contribution in [0.2, 0.25) is 0 Å². The number of benzene rings is 2. The number of aromatic nitrogens is 4. The Morgan fingerprint density at radius 3 is 2.72 bits per heavy atom. The van der Waals surface area contributed by atoms with E-state index in [9.17, 15) is 18.7 Å². The molecule has 0 unspecified atom stereocenters. The van der Waals surface area contributed by atoms with Crippen molar-refractivity contribution in [1.82, 2.24) is 29.5 Å². The van der Waals surface area contributed by atoms with Crippen LogP contribution in [0.1, 0.15) is 36.2 Å². The van der Waals surface area contributed by atoms with Crippen molar-refractivity contribution in [2.45, 2.75) is 44.0 Å². The van der Waals surface area contributed by atoms with Crippen LogP contribution >= 0.6 is 0 Å². The number of hydrogen-bond donors (Lipinski definition) is 2. The van der Waals surface area contributed by atoms with Gasteiger partial charge >= 0.3 is 0 Å². The molecule has 1 aliphatic heterocycles. The number of carbonyl (C=O) groups is 1. The molecule has 1 amide bonds. The lowest BCUT2D eigenvalue weighted by atomic mass is 9.75. The van der Waals surface area contributed by atoms with Crippen molar-refractivity contribution in [3.8, 4) is 0 Å². The SMILES string of the molecule is Cn1ncnc1Cn1cc(CN(C(=O)[C@H]2CNCC[C@]2(O)c2ccc(F)c(F)c2)C2CC2)c2c(F)cccc21. The molecule has 0 radical (unpaired) electrons. The second-order valence-electron chi connectivity index (χ2n) is 10.5. The summed E-state index contributed by atoms with van der Waals surface area (Å²) < 4.78 is 46.5. The standard InChI is InChI=1S/C28H29F3N6O2/c1-35-25(33-16-34-35)15-36-13-17(26-22(30)3-2-4-24(26)36)14-37(19-6-7-19)27(38)20-12-32-10-9-28(20,39)18-5-8-21(29)23(31)11-18/h2-5,8,11,13,16,19-20,32,39H,6-7,9-10,12,14-15H2,1H3/t20-,28+/m1/s1. The van der Waals surface area contributed by atoms with Gasteiger partial charge in [0.25, 0.3) is 0 Å². The highest BCUT2D eigenvalue weighted by Crippen LogP contribution is 2.40. The minimum absolute atomic E-state index is 0.0439. The van der Waals surface area contributed by atoms with E-state index in [-0.39, 0.29) is 42.8 Å². The second kappa shape index (κ2) is 9.80. The quantitative estimate of drug-likeness (QED) is 0.377. The molecule has 2 aromatic heterocycles. The van der Waals surface area contributed by atoms with E-state index in [1.165, 1.54) is 18.5 Å². The Morgan fingerprint density at radius 2 is 2.00 bits per heavy atom. The molecule has 2 aliphatic rings. The summed E-state index contributed by atoms with van der Waals surface area (Å²) in [4.78, 5) is 20.1. The minimum atomic E-state index is -1.67. The molecule has 1 saturated carbocycles. The lowest BCUT2D eigenvalue weighted by molar-refractivity contribution is -0.150. The van der Waals surface area contributed by atoms with Crippen molar-refractivity contribution in [3.63, 3.8) is 0 Å². The summed E-state index contributed by atoms with van der Waals surface area (Å²) in [7, 11) is 1.79. The molecule has 0 bridgehead atoms. The number of nitrogens with zero attached hydrogens (tertiary/aromatic N) is 5. The van der Waals surface area contributed by atoms with Crippen LogP contribution in [0.15, 0.2) is 48.9 Å². The van der Waals surface area contributed by atoms with Gasteiger partial charge in [-0.25, -0.2) is 18.2 Å². The van der Waals surface area contributed by atoms with Crippen LogP contribution in [-0.2, 0) is 30.5 Å². The zero-order chi connectivity index (χ0) is 27.3. The van der Waals surface area contributed by atoms with E-state index in [2.05, 4.69) is 15.4 Å². The van der Waals surface area contributed by atoms with Gasteiger partial charge in [-0.1, -0.05) is 12.1 Å². The van der Waals surface area contributed by atoms with E-state index >= 15 is 4.39 Å². The first-order valence-corrected chi connectivity index (χ1v) is 13.0. The fraction of sp³-hybridized carbons (Fsp3) is 0.393. The van der Waals surface area contributed by atoms with Crippen LogP contribution in [-0.4, -0.2) is 54.4 Å². The number of halogens is 3. The Labute approximate surface area is 223 Å². The number of aryl methyl sites for hydroxylation is 1. The average Bonchev–Trinajstić information content (AvgIpc) is 3.59. The highest BCUT2D eigenvalue weighted by atomic mass is 19.2. The van der Waals surface area contributed by atoms with Gasteiger partial charge in [-0.3, -0.25) is 9.48 Å². The molecule has 2 N–H and O–H groups in total. The number of fused-ring (bicyclic) bond motifs is 1. The molecule has 204 valence electrons. The summed E-state index contributed by atoms with van der Waals surface area (Å²) in [6.07, 6.45) is 5.07. The van der Waals surface area contributed by atoms with Crippen LogP contribution in [0, 0.1) is 23.4 Å². The van der Waals surface area contributed by atoms with Gasteiger partial charge in [-0.05, 0) is 61.2 Å². The number of nitrogens with one attached hydrogen (secondary N) is 1. The van der Waals surface area contributed by atoms with Crippen LogP contribution in [0.5, 0.6) is 0 Å². The average molecular weight is 539 g/mol. The highest BCUT2D eigenvalue weighted by molar-refractivity contribution is 5.86. The van der Waals surface area contributed by atoms with E-state index in [0.717, 1.165) is 25.0 Å². The molecule has 6 rings (SSSR count). The van der Waals surface area contributed by atoms with Gasteiger partial charge in [-0.2, -0.15) is 5.10 Å². The Morgan fingerprint density at radius 1 is 1.18 bits per heavy atom. The van der Waals surface area contributed by atoms with Crippen molar-refractivity contribution < 1.29 is 23.1 Å². The van der Waals surface area contributed by atoms with Crippen LogP contribution in [0.25, 0.3) is 10.9 Å². The van der Waals surface area contributed by atoms with Crippen LogP contribution in [0.4, 0.5) is 13.2 Å². The maximum atomic E-state index is 15.2. The third kappa shape index (κ3) is 4.59. The van der Waals surface area contributed by atoms with Gasteiger partial charge in [0.15, 0.2) is 11.6 Å². The molecule has 2 aromatic carbocycles. The number of piperidine rings is 1. The Bertz CT molecular complexity index is 1550. The van der Waals surface area contributed by atoms with E-state index in [4.69, 9.17) is 0 Å². The van der Waals surface area contributed by atoms with Crippen molar-refractivity contribution in [3.05, 3.63) is 83.3 Å². The summed E-state index contributed by atoms with van der Waals surface area (Å²) in [5, 5.41) is 19.4.